The number of H-pyrrole nitrogens is 1. The lowest BCUT2D eigenvalue weighted by molar-refractivity contribution is 0.0407. The normalized spacial score (nSPS) is 19.5. The number of ether oxygens (including phenoxy) is 2. The van der Waals surface area contributed by atoms with Crippen molar-refractivity contribution < 1.29 is 27.9 Å². The Morgan fingerprint density at radius 2 is 2.04 bits per heavy atom. The van der Waals surface area contributed by atoms with Crippen LogP contribution in [0, 0.1) is 5.41 Å². The molecule has 1 saturated heterocycles. The number of rotatable bonds is 6. The first kappa shape index (κ1) is 18.2. The summed E-state index contributed by atoms with van der Waals surface area (Å²) < 4.78 is 33.7. The van der Waals surface area contributed by atoms with Gasteiger partial charge in [0.2, 0.25) is 0 Å². The zero-order valence-corrected chi connectivity index (χ0v) is 14.9. The highest BCUT2D eigenvalue weighted by Gasteiger charge is 2.37. The SMILES string of the molecule is CCOC(=O)c1cc(CP2(=O)OCC(C)(C)CO2)[nH]c1COC. The van der Waals surface area contributed by atoms with Crippen LogP contribution >= 0.6 is 7.60 Å². The minimum Gasteiger partial charge on any atom is -0.462 e. The molecule has 1 aromatic rings. The largest absolute Gasteiger partial charge is 0.462 e. The highest BCUT2D eigenvalue weighted by Crippen LogP contribution is 2.56. The zero-order chi connectivity index (χ0) is 17.1. The number of esters is 1. The first-order chi connectivity index (χ1) is 10.8. The van der Waals surface area contributed by atoms with E-state index in [4.69, 9.17) is 18.5 Å². The second-order valence-corrected chi connectivity index (χ2v) is 8.37. The number of hydrogen-bond acceptors (Lipinski definition) is 6. The van der Waals surface area contributed by atoms with E-state index in [2.05, 4.69) is 4.98 Å². The Hall–Kier alpha value is -1.14. The summed E-state index contributed by atoms with van der Waals surface area (Å²) in [4.78, 5) is 15.0. The number of carbonyl (C=O) groups excluding carboxylic acids is 1. The molecule has 0 saturated carbocycles. The summed E-state index contributed by atoms with van der Waals surface area (Å²) in [6.45, 7) is 6.98. The van der Waals surface area contributed by atoms with Gasteiger partial charge in [0.1, 0.15) is 0 Å². The highest BCUT2D eigenvalue weighted by molar-refractivity contribution is 7.53. The number of methoxy groups -OCH3 is 1. The van der Waals surface area contributed by atoms with Crippen molar-refractivity contribution in [1.29, 1.82) is 0 Å². The topological polar surface area (TPSA) is 86.9 Å². The molecule has 7 nitrogen and oxygen atoms in total. The van der Waals surface area contributed by atoms with Gasteiger partial charge in [0.25, 0.3) is 0 Å². The van der Waals surface area contributed by atoms with E-state index in [1.807, 2.05) is 13.8 Å². The van der Waals surface area contributed by atoms with Crippen molar-refractivity contribution in [2.45, 2.75) is 33.5 Å². The lowest BCUT2D eigenvalue weighted by Crippen LogP contribution is -2.29. The highest BCUT2D eigenvalue weighted by atomic mass is 31.2. The number of hydrogen-bond donors (Lipinski definition) is 1. The van der Waals surface area contributed by atoms with E-state index in [0.717, 1.165) is 0 Å². The van der Waals surface area contributed by atoms with Gasteiger partial charge in [-0.1, -0.05) is 13.8 Å². The number of carbonyl (C=O) groups is 1. The molecule has 1 fully saturated rings. The average Bonchev–Trinajstić information content (AvgIpc) is 2.86. The third kappa shape index (κ3) is 4.67. The van der Waals surface area contributed by atoms with Gasteiger partial charge < -0.3 is 23.5 Å². The molecule has 0 spiro atoms. The van der Waals surface area contributed by atoms with Gasteiger partial charge in [-0.3, -0.25) is 4.57 Å². The van der Waals surface area contributed by atoms with Crippen molar-refractivity contribution >= 4 is 13.6 Å². The molecule has 1 aliphatic heterocycles. The van der Waals surface area contributed by atoms with Crippen LogP contribution in [0.5, 0.6) is 0 Å². The zero-order valence-electron chi connectivity index (χ0n) is 14.0. The lowest BCUT2D eigenvalue weighted by atomic mass is 9.97. The van der Waals surface area contributed by atoms with E-state index >= 15 is 0 Å². The molecule has 0 unspecified atom stereocenters. The smallest absolute Gasteiger partial charge is 0.340 e. The Labute approximate surface area is 136 Å². The fourth-order valence-electron chi connectivity index (χ4n) is 2.22. The van der Waals surface area contributed by atoms with E-state index < -0.39 is 13.6 Å². The molecule has 0 bridgehead atoms. The minimum atomic E-state index is -3.21. The molecule has 0 amide bonds. The van der Waals surface area contributed by atoms with Crippen LogP contribution in [0.15, 0.2) is 6.07 Å². The Morgan fingerprint density at radius 3 is 2.61 bits per heavy atom. The molecule has 0 radical (unpaired) electrons. The van der Waals surface area contributed by atoms with Crippen LogP contribution in [0.1, 0.15) is 42.5 Å². The molecule has 8 heteroatoms. The summed E-state index contributed by atoms with van der Waals surface area (Å²) in [5, 5.41) is 0. The van der Waals surface area contributed by atoms with E-state index in [0.29, 0.717) is 30.2 Å². The molecule has 23 heavy (non-hydrogen) atoms. The van der Waals surface area contributed by atoms with Crippen molar-refractivity contribution in [3.63, 3.8) is 0 Å². The van der Waals surface area contributed by atoms with E-state index in [1.165, 1.54) is 7.11 Å². The Balaban J connectivity index is 2.15. The molecular formula is C15H24NO6P. The van der Waals surface area contributed by atoms with Gasteiger partial charge in [-0.25, -0.2) is 4.79 Å². The molecule has 0 aliphatic carbocycles. The maximum atomic E-state index is 12.7. The van der Waals surface area contributed by atoms with Gasteiger partial charge in [0, 0.05) is 18.2 Å². The predicted molar refractivity (Wildman–Crippen MR) is 84.5 cm³/mol. The van der Waals surface area contributed by atoms with E-state index in [9.17, 15) is 9.36 Å². The molecule has 2 heterocycles. The maximum absolute atomic E-state index is 12.7. The van der Waals surface area contributed by atoms with Crippen LogP contribution in [-0.4, -0.2) is 37.9 Å². The summed E-state index contributed by atoms with van der Waals surface area (Å²) in [5.74, 6) is -0.438. The average molecular weight is 345 g/mol. The Bertz CT molecular complexity index is 595. The summed E-state index contributed by atoms with van der Waals surface area (Å²) in [5.41, 5.74) is 1.42. The van der Waals surface area contributed by atoms with Crippen molar-refractivity contribution in [2.24, 2.45) is 5.41 Å². The molecule has 2 rings (SSSR count). The van der Waals surface area contributed by atoms with Gasteiger partial charge in [0.05, 0.1) is 43.8 Å². The summed E-state index contributed by atoms with van der Waals surface area (Å²) in [6, 6.07) is 1.62. The van der Waals surface area contributed by atoms with Crippen LogP contribution in [0.3, 0.4) is 0 Å². The van der Waals surface area contributed by atoms with Crippen LogP contribution in [0.25, 0.3) is 0 Å². The van der Waals surface area contributed by atoms with Crippen molar-refractivity contribution in [1.82, 2.24) is 4.98 Å². The molecule has 1 aliphatic rings. The van der Waals surface area contributed by atoms with Gasteiger partial charge in [-0.2, -0.15) is 0 Å². The fraction of sp³-hybridized carbons (Fsp3) is 0.667. The van der Waals surface area contributed by atoms with Gasteiger partial charge in [-0.15, -0.1) is 0 Å². The first-order valence-corrected chi connectivity index (χ1v) is 9.26. The summed E-state index contributed by atoms with van der Waals surface area (Å²) in [6.07, 6.45) is 0.0825. The fourth-order valence-corrected chi connectivity index (χ4v) is 4.15. The Kier molecular flexibility index (Phi) is 5.68. The quantitative estimate of drug-likeness (QED) is 0.630. The van der Waals surface area contributed by atoms with Crippen LogP contribution in [0.4, 0.5) is 0 Å². The standard InChI is InChI=1S/C15H24NO6P/c1-5-20-14(17)12-6-11(16-13(12)7-19-4)8-23(18)21-9-15(2,3)10-22-23/h6,16H,5,7-10H2,1-4H3. The second-order valence-electron chi connectivity index (χ2n) is 6.32. The second kappa shape index (κ2) is 7.18. The molecule has 130 valence electrons. The summed E-state index contributed by atoms with van der Waals surface area (Å²) >= 11 is 0. The number of nitrogens with one attached hydrogen (secondary N) is 1. The minimum absolute atomic E-state index is 0.0825. The van der Waals surface area contributed by atoms with Crippen LogP contribution in [-0.2, 0) is 35.9 Å². The van der Waals surface area contributed by atoms with E-state index in [-0.39, 0.29) is 24.8 Å². The lowest BCUT2D eigenvalue weighted by Gasteiger charge is -2.33. The Morgan fingerprint density at radius 1 is 1.39 bits per heavy atom. The van der Waals surface area contributed by atoms with Gasteiger partial charge >= 0.3 is 13.6 Å². The molecular weight excluding hydrogens is 321 g/mol. The van der Waals surface area contributed by atoms with Crippen LogP contribution < -0.4 is 0 Å². The predicted octanol–water partition coefficient (Wildman–Crippen LogP) is 3.10. The van der Waals surface area contributed by atoms with Gasteiger partial charge in [-0.05, 0) is 13.0 Å². The van der Waals surface area contributed by atoms with Crippen LogP contribution in [0.2, 0.25) is 0 Å². The number of aromatic nitrogens is 1. The molecule has 1 N–H and O–H groups in total. The monoisotopic (exact) mass is 345 g/mol. The molecule has 0 aromatic carbocycles. The molecule has 0 atom stereocenters. The maximum Gasteiger partial charge on any atom is 0.340 e. The third-order valence-electron chi connectivity index (χ3n) is 3.41. The van der Waals surface area contributed by atoms with Gasteiger partial charge in [0.15, 0.2) is 0 Å². The number of aromatic amines is 1. The molecule has 1 aromatic heterocycles. The van der Waals surface area contributed by atoms with Crippen molar-refractivity contribution in [3.8, 4) is 0 Å². The van der Waals surface area contributed by atoms with Crippen molar-refractivity contribution in [2.75, 3.05) is 26.9 Å². The summed E-state index contributed by atoms with van der Waals surface area (Å²) in [7, 11) is -1.68. The third-order valence-corrected chi connectivity index (χ3v) is 5.18. The van der Waals surface area contributed by atoms with Crippen molar-refractivity contribution in [3.05, 3.63) is 23.0 Å². The van der Waals surface area contributed by atoms with E-state index in [1.54, 1.807) is 13.0 Å². The first-order valence-electron chi connectivity index (χ1n) is 7.53.